The Labute approximate surface area is 194 Å². The summed E-state index contributed by atoms with van der Waals surface area (Å²) in [5.74, 6) is -0.829. The number of aliphatic hydroxyl groups is 3. The molecule has 0 aromatic heterocycles. The molecule has 1 rings (SSSR count). The molecule has 0 unspecified atom stereocenters. The van der Waals surface area contributed by atoms with Crippen LogP contribution in [0.4, 0.5) is 0 Å². The second-order valence-electron chi connectivity index (χ2n) is 8.86. The first-order valence-corrected chi connectivity index (χ1v) is 13.8. The van der Waals surface area contributed by atoms with E-state index in [2.05, 4.69) is 11.6 Å². The van der Waals surface area contributed by atoms with Gasteiger partial charge in [-0.2, -0.15) is 0 Å². The number of carbonyl (C=O) groups excluding carboxylic acids is 1. The molecule has 1 amide bonds. The maximum Gasteiger partial charge on any atom is 0.234 e. The van der Waals surface area contributed by atoms with Gasteiger partial charge in [0.15, 0.2) is 0 Å². The van der Waals surface area contributed by atoms with E-state index in [4.69, 9.17) is 0 Å². The molecule has 0 heterocycles. The van der Waals surface area contributed by atoms with E-state index in [9.17, 15) is 28.5 Å². The minimum atomic E-state index is -3.53. The van der Waals surface area contributed by atoms with Gasteiger partial charge in [-0.15, -0.1) is 0 Å². The molecule has 0 saturated heterocycles. The van der Waals surface area contributed by atoms with Crippen molar-refractivity contribution in [3.8, 4) is 0 Å². The molecule has 1 fully saturated rings. The van der Waals surface area contributed by atoms with E-state index in [1.807, 2.05) is 25.2 Å². The van der Waals surface area contributed by atoms with Gasteiger partial charge in [0.05, 0.1) is 24.1 Å². The number of hydrogen-bond donors (Lipinski definition) is 4. The number of nitrogens with one attached hydrogen (secondary N) is 1. The van der Waals surface area contributed by atoms with Crippen LogP contribution < -0.4 is 4.72 Å². The first kappa shape index (κ1) is 28.8. The molecule has 32 heavy (non-hydrogen) atoms. The zero-order valence-corrected chi connectivity index (χ0v) is 20.5. The summed E-state index contributed by atoms with van der Waals surface area (Å²) >= 11 is 0. The average molecular weight is 474 g/mol. The summed E-state index contributed by atoms with van der Waals surface area (Å²) in [4.78, 5) is 11.8. The van der Waals surface area contributed by atoms with Crippen LogP contribution in [0.2, 0.25) is 0 Å². The third-order valence-corrected chi connectivity index (χ3v) is 7.33. The molecule has 1 aliphatic rings. The standard InChI is InChI=1S/C24H43NO6S/c1-3-5-9-12-19(26)15-16-21-20(22(27)18-23(21)28)13-10-7-8-11-14-24(29)25-32(30,31)17-6-4-2/h7,10,15-16,19-23,26-28H,3-6,8-9,11-14,17-18H2,1-2H3,(H,25,29)/b10-7+,16-15+/t19-,20-,21-,22+,23-/m1/s1. The van der Waals surface area contributed by atoms with Crippen LogP contribution in [0.5, 0.6) is 0 Å². The summed E-state index contributed by atoms with van der Waals surface area (Å²) in [6.45, 7) is 4.01. The summed E-state index contributed by atoms with van der Waals surface area (Å²) in [7, 11) is -3.53. The largest absolute Gasteiger partial charge is 0.393 e. The number of amides is 1. The molecule has 0 bridgehead atoms. The molecule has 0 aromatic rings. The topological polar surface area (TPSA) is 124 Å². The van der Waals surface area contributed by atoms with Crippen LogP contribution >= 0.6 is 0 Å². The van der Waals surface area contributed by atoms with Crippen molar-refractivity contribution in [3.05, 3.63) is 24.3 Å². The van der Waals surface area contributed by atoms with Crippen molar-refractivity contribution in [2.75, 3.05) is 5.75 Å². The zero-order valence-electron chi connectivity index (χ0n) is 19.7. The predicted molar refractivity (Wildman–Crippen MR) is 127 cm³/mol. The van der Waals surface area contributed by atoms with Crippen molar-refractivity contribution < 1.29 is 28.5 Å². The van der Waals surface area contributed by atoms with Gasteiger partial charge in [-0.05, 0) is 38.0 Å². The Morgan fingerprint density at radius 2 is 1.78 bits per heavy atom. The molecule has 0 aromatic carbocycles. The number of aliphatic hydroxyl groups excluding tert-OH is 3. The van der Waals surface area contributed by atoms with Crippen molar-refractivity contribution in [3.63, 3.8) is 0 Å². The van der Waals surface area contributed by atoms with Gasteiger partial charge < -0.3 is 15.3 Å². The van der Waals surface area contributed by atoms with Crippen molar-refractivity contribution in [1.82, 2.24) is 4.72 Å². The quantitative estimate of drug-likeness (QED) is 0.202. The van der Waals surface area contributed by atoms with E-state index in [-0.39, 0.29) is 24.0 Å². The first-order chi connectivity index (χ1) is 15.2. The molecule has 186 valence electrons. The van der Waals surface area contributed by atoms with Crippen molar-refractivity contribution in [2.45, 2.75) is 103 Å². The maximum atomic E-state index is 11.8. The molecular formula is C24H43NO6S. The van der Waals surface area contributed by atoms with Crippen LogP contribution in [0.1, 0.15) is 84.5 Å². The van der Waals surface area contributed by atoms with Gasteiger partial charge in [0, 0.05) is 18.8 Å². The van der Waals surface area contributed by atoms with Gasteiger partial charge in [0.1, 0.15) is 0 Å². The minimum Gasteiger partial charge on any atom is -0.393 e. The number of rotatable bonds is 16. The Kier molecular flexibility index (Phi) is 14.0. The Balaban J connectivity index is 2.40. The van der Waals surface area contributed by atoms with E-state index >= 15 is 0 Å². The van der Waals surface area contributed by atoms with Crippen LogP contribution in [0.15, 0.2) is 24.3 Å². The third kappa shape index (κ3) is 11.6. The number of carbonyl (C=O) groups is 1. The van der Waals surface area contributed by atoms with Crippen LogP contribution in [-0.2, 0) is 14.8 Å². The van der Waals surface area contributed by atoms with E-state index in [0.717, 1.165) is 25.7 Å². The van der Waals surface area contributed by atoms with Crippen molar-refractivity contribution in [2.24, 2.45) is 11.8 Å². The highest BCUT2D eigenvalue weighted by atomic mass is 32.2. The maximum absolute atomic E-state index is 11.8. The highest BCUT2D eigenvalue weighted by molar-refractivity contribution is 7.90. The fourth-order valence-electron chi connectivity index (χ4n) is 4.02. The third-order valence-electron chi connectivity index (χ3n) is 5.96. The second kappa shape index (κ2) is 15.6. The van der Waals surface area contributed by atoms with Gasteiger partial charge in [0.2, 0.25) is 15.9 Å². The fourth-order valence-corrected chi connectivity index (χ4v) is 5.24. The predicted octanol–water partition coefficient (Wildman–Crippen LogP) is 3.20. The summed E-state index contributed by atoms with van der Waals surface area (Å²) < 4.78 is 25.5. The van der Waals surface area contributed by atoms with E-state index in [1.165, 1.54) is 0 Å². The van der Waals surface area contributed by atoms with E-state index < -0.39 is 34.2 Å². The number of sulfonamides is 1. The zero-order chi connectivity index (χ0) is 24.0. The lowest BCUT2D eigenvalue weighted by atomic mass is 9.89. The van der Waals surface area contributed by atoms with E-state index in [0.29, 0.717) is 38.5 Å². The average Bonchev–Trinajstić information content (AvgIpc) is 2.99. The van der Waals surface area contributed by atoms with E-state index in [1.54, 1.807) is 6.08 Å². The van der Waals surface area contributed by atoms with Crippen LogP contribution in [0.3, 0.4) is 0 Å². The lowest BCUT2D eigenvalue weighted by Crippen LogP contribution is -2.32. The molecular weight excluding hydrogens is 430 g/mol. The lowest BCUT2D eigenvalue weighted by Gasteiger charge is -2.19. The SMILES string of the molecule is CCCCC[C@@H](O)/C=C/[C@@H]1[C@@H](C/C=C/CCCC(=O)NS(=O)(=O)CCCC)[C@@H](O)C[C@H]1O. The number of allylic oxidation sites excluding steroid dienone is 2. The molecule has 5 atom stereocenters. The Morgan fingerprint density at radius 1 is 1.06 bits per heavy atom. The Bertz CT molecular complexity index is 691. The minimum absolute atomic E-state index is 0.0317. The van der Waals surface area contributed by atoms with Crippen LogP contribution in [0, 0.1) is 11.8 Å². The highest BCUT2D eigenvalue weighted by Crippen LogP contribution is 2.36. The molecule has 0 spiro atoms. The molecule has 0 aliphatic heterocycles. The number of hydrogen-bond acceptors (Lipinski definition) is 6. The molecule has 4 N–H and O–H groups in total. The Hall–Kier alpha value is -1.22. The smallest absolute Gasteiger partial charge is 0.234 e. The Morgan fingerprint density at radius 3 is 2.47 bits per heavy atom. The summed E-state index contributed by atoms with van der Waals surface area (Å²) in [5, 5.41) is 30.7. The molecule has 1 saturated carbocycles. The highest BCUT2D eigenvalue weighted by Gasteiger charge is 2.39. The van der Waals surface area contributed by atoms with Gasteiger partial charge in [-0.25, -0.2) is 8.42 Å². The van der Waals surface area contributed by atoms with Crippen LogP contribution in [-0.4, -0.2) is 53.7 Å². The molecule has 8 heteroatoms. The molecule has 7 nitrogen and oxygen atoms in total. The number of unbranched alkanes of at least 4 members (excludes halogenated alkanes) is 4. The summed E-state index contributed by atoms with van der Waals surface area (Å²) in [6.07, 6.45) is 13.1. The summed E-state index contributed by atoms with van der Waals surface area (Å²) in [5.41, 5.74) is 0. The lowest BCUT2D eigenvalue weighted by molar-refractivity contribution is -0.119. The molecule has 1 aliphatic carbocycles. The second-order valence-corrected chi connectivity index (χ2v) is 10.7. The normalized spacial score (nSPS) is 25.0. The van der Waals surface area contributed by atoms with Crippen molar-refractivity contribution >= 4 is 15.9 Å². The van der Waals surface area contributed by atoms with Crippen LogP contribution in [0.25, 0.3) is 0 Å². The van der Waals surface area contributed by atoms with Gasteiger partial charge >= 0.3 is 0 Å². The molecule has 0 radical (unpaired) electrons. The van der Waals surface area contributed by atoms with Crippen molar-refractivity contribution in [1.29, 1.82) is 0 Å². The van der Waals surface area contributed by atoms with Gasteiger partial charge in [-0.1, -0.05) is 63.8 Å². The monoisotopic (exact) mass is 473 g/mol. The summed E-state index contributed by atoms with van der Waals surface area (Å²) in [6, 6.07) is 0. The van der Waals surface area contributed by atoms with Gasteiger partial charge in [0.25, 0.3) is 0 Å². The first-order valence-electron chi connectivity index (χ1n) is 12.1. The van der Waals surface area contributed by atoms with Gasteiger partial charge in [-0.3, -0.25) is 9.52 Å². The fraction of sp³-hybridized carbons (Fsp3) is 0.792.